The number of nitro groups is 1. The second-order valence-electron chi connectivity index (χ2n) is 6.00. The number of ether oxygens (including phenoxy) is 1. The van der Waals surface area contributed by atoms with Gasteiger partial charge >= 0.3 is 5.82 Å². The number of nitrogens with zero attached hydrogens (tertiary/aromatic N) is 4. The first-order valence-electron chi connectivity index (χ1n) is 8.23. The van der Waals surface area contributed by atoms with Gasteiger partial charge in [-0.15, -0.1) is 0 Å². The molecule has 0 aromatic carbocycles. The van der Waals surface area contributed by atoms with Crippen molar-refractivity contribution in [2.45, 2.75) is 25.4 Å². The minimum absolute atomic E-state index is 0.123. The minimum atomic E-state index is -0.479. The summed E-state index contributed by atoms with van der Waals surface area (Å²) in [4.78, 5) is 20.5. The van der Waals surface area contributed by atoms with Gasteiger partial charge in [0.2, 0.25) is 5.88 Å². The molecule has 0 radical (unpaired) electrons. The van der Waals surface area contributed by atoms with Crippen LogP contribution in [-0.2, 0) is 6.54 Å². The molecule has 0 spiro atoms. The smallest absolute Gasteiger partial charge is 0.363 e. The van der Waals surface area contributed by atoms with E-state index in [1.54, 1.807) is 25.6 Å². The molecule has 8 heteroatoms. The van der Waals surface area contributed by atoms with Crippen LogP contribution in [0.25, 0.3) is 0 Å². The third-order valence-electron chi connectivity index (χ3n) is 4.31. The molecule has 1 fully saturated rings. The summed E-state index contributed by atoms with van der Waals surface area (Å²) < 4.78 is 5.15. The van der Waals surface area contributed by atoms with Crippen molar-refractivity contribution in [1.29, 1.82) is 0 Å². The lowest BCUT2D eigenvalue weighted by Crippen LogP contribution is -2.45. The van der Waals surface area contributed by atoms with E-state index < -0.39 is 4.92 Å². The van der Waals surface area contributed by atoms with Gasteiger partial charge in [-0.1, -0.05) is 0 Å². The summed E-state index contributed by atoms with van der Waals surface area (Å²) >= 11 is 0. The molecule has 0 bridgehead atoms. The molecular formula is C17H21N5O3. The summed E-state index contributed by atoms with van der Waals surface area (Å²) in [5, 5.41) is 14.3. The Bertz CT molecular complexity index is 722. The molecule has 0 saturated carbocycles. The molecule has 2 aromatic heterocycles. The number of anilines is 1. The van der Waals surface area contributed by atoms with Crippen LogP contribution in [0.15, 0.2) is 36.7 Å². The number of aromatic nitrogens is 2. The zero-order chi connectivity index (χ0) is 17.6. The molecule has 2 aromatic rings. The first-order chi connectivity index (χ1) is 12.2. The van der Waals surface area contributed by atoms with Gasteiger partial charge in [0.15, 0.2) is 6.20 Å². The number of methoxy groups -OCH3 is 1. The van der Waals surface area contributed by atoms with Gasteiger partial charge in [-0.05, 0) is 40.4 Å². The summed E-state index contributed by atoms with van der Waals surface area (Å²) in [6.07, 6.45) is 5.48. The van der Waals surface area contributed by atoms with Crippen molar-refractivity contribution in [3.05, 3.63) is 52.3 Å². The fourth-order valence-electron chi connectivity index (χ4n) is 2.99. The zero-order valence-corrected chi connectivity index (χ0v) is 14.1. The van der Waals surface area contributed by atoms with Crippen molar-refractivity contribution < 1.29 is 9.66 Å². The number of nitrogens with one attached hydrogen (secondary N) is 1. The molecule has 1 atom stereocenters. The molecule has 0 unspecified atom stereocenters. The summed E-state index contributed by atoms with van der Waals surface area (Å²) in [6, 6.07) is 7.46. The summed E-state index contributed by atoms with van der Waals surface area (Å²) in [5.74, 6) is 0.489. The SMILES string of the molecule is COc1cc(CN[C@H]2CCCN(c3ccc([N+](=O)[O-])nc3)C2)ccn1. The number of hydrogen-bond donors (Lipinski definition) is 1. The lowest BCUT2D eigenvalue weighted by Gasteiger charge is -2.34. The minimum Gasteiger partial charge on any atom is -0.481 e. The van der Waals surface area contributed by atoms with Gasteiger partial charge in [-0.2, -0.15) is 0 Å². The van der Waals surface area contributed by atoms with Gasteiger partial charge in [0, 0.05) is 44.0 Å². The van der Waals surface area contributed by atoms with Crippen molar-refractivity contribution in [2.75, 3.05) is 25.1 Å². The van der Waals surface area contributed by atoms with Crippen LogP contribution < -0.4 is 15.0 Å². The highest BCUT2D eigenvalue weighted by Gasteiger charge is 2.21. The third kappa shape index (κ3) is 4.42. The molecule has 0 amide bonds. The number of piperidine rings is 1. The Morgan fingerprint density at radius 1 is 1.40 bits per heavy atom. The third-order valence-corrected chi connectivity index (χ3v) is 4.31. The van der Waals surface area contributed by atoms with Gasteiger partial charge in [0.25, 0.3) is 0 Å². The van der Waals surface area contributed by atoms with E-state index in [0.717, 1.165) is 43.7 Å². The molecule has 25 heavy (non-hydrogen) atoms. The first-order valence-corrected chi connectivity index (χ1v) is 8.23. The second-order valence-corrected chi connectivity index (χ2v) is 6.00. The lowest BCUT2D eigenvalue weighted by atomic mass is 10.0. The fourth-order valence-corrected chi connectivity index (χ4v) is 2.99. The maximum Gasteiger partial charge on any atom is 0.363 e. The Morgan fingerprint density at radius 2 is 2.28 bits per heavy atom. The average molecular weight is 343 g/mol. The molecule has 1 saturated heterocycles. The second kappa shape index (κ2) is 7.89. The van der Waals surface area contributed by atoms with Crippen molar-refractivity contribution >= 4 is 11.5 Å². The van der Waals surface area contributed by atoms with E-state index in [4.69, 9.17) is 4.74 Å². The van der Waals surface area contributed by atoms with Crippen LogP contribution in [0.3, 0.4) is 0 Å². The molecule has 1 aliphatic rings. The van der Waals surface area contributed by atoms with Gasteiger partial charge in [-0.3, -0.25) is 0 Å². The van der Waals surface area contributed by atoms with Crippen LogP contribution in [0, 0.1) is 10.1 Å². The first kappa shape index (κ1) is 17.1. The largest absolute Gasteiger partial charge is 0.481 e. The van der Waals surface area contributed by atoms with Gasteiger partial charge < -0.3 is 25.1 Å². The van der Waals surface area contributed by atoms with Gasteiger partial charge in [0.1, 0.15) is 0 Å². The number of hydrogen-bond acceptors (Lipinski definition) is 7. The van der Waals surface area contributed by atoms with Gasteiger partial charge in [-0.25, -0.2) is 4.98 Å². The molecule has 1 aliphatic heterocycles. The summed E-state index contributed by atoms with van der Waals surface area (Å²) in [6.45, 7) is 2.53. The van der Waals surface area contributed by atoms with Crippen molar-refractivity contribution in [1.82, 2.24) is 15.3 Å². The Hall–Kier alpha value is -2.74. The summed E-state index contributed by atoms with van der Waals surface area (Å²) in [5.41, 5.74) is 2.05. The van der Waals surface area contributed by atoms with Crippen LogP contribution in [-0.4, -0.2) is 41.1 Å². The van der Waals surface area contributed by atoms with E-state index in [1.807, 2.05) is 12.1 Å². The molecule has 3 heterocycles. The Balaban J connectivity index is 1.58. The van der Waals surface area contributed by atoms with E-state index >= 15 is 0 Å². The van der Waals surface area contributed by atoms with Crippen molar-refractivity contribution in [3.63, 3.8) is 0 Å². The molecular weight excluding hydrogens is 322 g/mol. The normalized spacial score (nSPS) is 17.3. The van der Waals surface area contributed by atoms with Crippen molar-refractivity contribution in [2.24, 2.45) is 0 Å². The molecule has 1 N–H and O–H groups in total. The maximum absolute atomic E-state index is 10.7. The van der Waals surface area contributed by atoms with Crippen LogP contribution in [0.4, 0.5) is 11.5 Å². The molecule has 3 rings (SSSR count). The molecule has 0 aliphatic carbocycles. The van der Waals surface area contributed by atoms with E-state index in [9.17, 15) is 10.1 Å². The number of rotatable bonds is 6. The predicted molar refractivity (Wildman–Crippen MR) is 93.8 cm³/mol. The van der Waals surface area contributed by atoms with Crippen molar-refractivity contribution in [3.8, 4) is 5.88 Å². The molecule has 8 nitrogen and oxygen atoms in total. The van der Waals surface area contributed by atoms with E-state index in [1.165, 1.54) is 6.07 Å². The summed E-state index contributed by atoms with van der Waals surface area (Å²) in [7, 11) is 1.61. The maximum atomic E-state index is 10.7. The topological polar surface area (TPSA) is 93.4 Å². The predicted octanol–water partition coefficient (Wildman–Crippen LogP) is 2.15. The zero-order valence-electron chi connectivity index (χ0n) is 14.1. The molecule has 132 valence electrons. The standard InChI is InChI=1S/C17H21N5O3/c1-25-17-9-13(6-7-18-17)10-19-14-3-2-8-21(12-14)15-4-5-16(20-11-15)22(23)24/h4-7,9,11,14,19H,2-3,8,10,12H2,1H3/t14-/m0/s1. The van der Waals surface area contributed by atoms with Crippen LogP contribution >= 0.6 is 0 Å². The Labute approximate surface area is 146 Å². The van der Waals surface area contributed by atoms with Gasteiger partial charge in [0.05, 0.1) is 12.8 Å². The highest BCUT2D eigenvalue weighted by atomic mass is 16.6. The van der Waals surface area contributed by atoms with Crippen LogP contribution in [0.5, 0.6) is 5.88 Å². The highest BCUT2D eigenvalue weighted by molar-refractivity contribution is 5.47. The monoisotopic (exact) mass is 343 g/mol. The number of pyridine rings is 2. The van der Waals surface area contributed by atoms with E-state index in [-0.39, 0.29) is 5.82 Å². The quantitative estimate of drug-likeness (QED) is 0.634. The fraction of sp³-hybridized carbons (Fsp3) is 0.412. The van der Waals surface area contributed by atoms with Crippen LogP contribution in [0.2, 0.25) is 0 Å². The van der Waals surface area contributed by atoms with E-state index in [2.05, 4.69) is 20.2 Å². The Morgan fingerprint density at radius 3 is 3.00 bits per heavy atom. The lowest BCUT2D eigenvalue weighted by molar-refractivity contribution is -0.389. The Kier molecular flexibility index (Phi) is 5.39. The van der Waals surface area contributed by atoms with Crippen LogP contribution in [0.1, 0.15) is 18.4 Å². The van der Waals surface area contributed by atoms with E-state index in [0.29, 0.717) is 11.9 Å². The average Bonchev–Trinajstić information content (AvgIpc) is 2.67. The highest BCUT2D eigenvalue weighted by Crippen LogP contribution is 2.21.